The van der Waals surface area contributed by atoms with Gasteiger partial charge in [-0.1, -0.05) is 0 Å². The second kappa shape index (κ2) is 14.8. The first-order valence-electron chi connectivity index (χ1n) is 19.0. The molecule has 57 heavy (non-hydrogen) atoms. The summed E-state index contributed by atoms with van der Waals surface area (Å²) in [5.74, 6) is 0.891. The molecule has 2 atom stereocenters. The van der Waals surface area contributed by atoms with Crippen molar-refractivity contribution in [2.24, 2.45) is 11.8 Å². The van der Waals surface area contributed by atoms with Crippen LogP contribution in [0, 0.1) is 11.8 Å². The highest BCUT2D eigenvalue weighted by Gasteiger charge is 2.32. The van der Waals surface area contributed by atoms with Crippen molar-refractivity contribution < 1.29 is 19.4 Å². The lowest BCUT2D eigenvalue weighted by molar-refractivity contribution is -0.142. The van der Waals surface area contributed by atoms with Crippen LogP contribution in [0.25, 0.3) is 31.5 Å². The number of hydrogen-bond acceptors (Lipinski definition) is 13. The van der Waals surface area contributed by atoms with Crippen molar-refractivity contribution in [2.45, 2.75) is 38.5 Å². The quantitative estimate of drug-likeness (QED) is 0.171. The van der Waals surface area contributed by atoms with Crippen LogP contribution >= 0.6 is 22.7 Å². The number of aliphatic carboxylic acids is 1. The molecule has 2 aliphatic carbocycles. The normalized spacial score (nSPS) is 17.9. The van der Waals surface area contributed by atoms with Gasteiger partial charge in [0.15, 0.2) is 0 Å². The monoisotopic (exact) mass is 799 g/mol. The van der Waals surface area contributed by atoms with Gasteiger partial charge in [0.05, 0.1) is 40.9 Å². The average molecular weight is 800 g/mol. The van der Waals surface area contributed by atoms with E-state index in [1.54, 1.807) is 52.2 Å². The van der Waals surface area contributed by atoms with Gasteiger partial charge in [-0.25, -0.2) is 29.0 Å². The third-order valence-electron chi connectivity index (χ3n) is 11.0. The van der Waals surface area contributed by atoms with E-state index in [9.17, 15) is 14.7 Å². The minimum atomic E-state index is -0.716. The smallest absolute Gasteiger partial charge is 0.306 e. The number of fused-ring (bicyclic) bond motifs is 8. The lowest BCUT2D eigenvalue weighted by atomic mass is 9.86. The molecule has 9 heterocycles. The number of nitrogens with zero attached hydrogens (tertiary/aromatic N) is 9. The molecule has 0 unspecified atom stereocenters. The first-order valence-corrected chi connectivity index (χ1v) is 20.6. The second-order valence-corrected chi connectivity index (χ2v) is 16.6. The molecule has 0 aromatic carbocycles. The van der Waals surface area contributed by atoms with E-state index in [1.165, 1.54) is 16.0 Å². The SMILES string of the molecule is O=C(O)[C@H]1CCc2c(sc3ncnc(Nc4ccn5nccc5c4)c23)C1.O=C([C@H]1CCc2c(sc3ncnc(Nc4ccn5nccc5c4)c23)C1)N1CCOCC1. The summed E-state index contributed by atoms with van der Waals surface area (Å²) in [6, 6.07) is 11.9. The summed E-state index contributed by atoms with van der Waals surface area (Å²) in [7, 11) is 0. The van der Waals surface area contributed by atoms with Crippen molar-refractivity contribution >= 4 is 89.0 Å². The van der Waals surface area contributed by atoms with Crippen LogP contribution in [0.5, 0.6) is 0 Å². The van der Waals surface area contributed by atoms with Gasteiger partial charge in [-0.2, -0.15) is 10.2 Å². The fourth-order valence-corrected chi connectivity index (χ4v) is 10.7. The number of carbonyl (C=O) groups excluding carboxylic acids is 1. The molecule has 0 bridgehead atoms. The number of carboxylic acids is 1. The van der Waals surface area contributed by atoms with E-state index in [-0.39, 0.29) is 17.7 Å². The number of pyridine rings is 2. The van der Waals surface area contributed by atoms with Crippen LogP contribution in [0.3, 0.4) is 0 Å². The van der Waals surface area contributed by atoms with Gasteiger partial charge >= 0.3 is 5.97 Å². The molecule has 3 aliphatic rings. The third kappa shape index (κ3) is 6.80. The summed E-state index contributed by atoms with van der Waals surface area (Å²) in [6.07, 6.45) is 15.0. The van der Waals surface area contributed by atoms with E-state index in [4.69, 9.17) is 4.74 Å². The Labute approximate surface area is 333 Å². The maximum absolute atomic E-state index is 13.0. The Morgan fingerprint density at radius 3 is 1.79 bits per heavy atom. The molecule has 15 nitrogen and oxygen atoms in total. The topological polar surface area (TPSA) is 177 Å². The molecule has 0 saturated carbocycles. The zero-order valence-electron chi connectivity index (χ0n) is 30.7. The van der Waals surface area contributed by atoms with Crippen molar-refractivity contribution in [3.63, 3.8) is 0 Å². The number of anilines is 4. The second-order valence-electron chi connectivity index (χ2n) is 14.4. The Morgan fingerprint density at radius 1 is 0.719 bits per heavy atom. The number of hydrogen-bond donors (Lipinski definition) is 3. The Kier molecular flexibility index (Phi) is 9.19. The van der Waals surface area contributed by atoms with Crippen molar-refractivity contribution in [1.29, 1.82) is 0 Å². The first kappa shape index (κ1) is 35.4. The molecule has 8 aromatic rings. The summed E-state index contributed by atoms with van der Waals surface area (Å²) in [5.41, 5.74) is 6.39. The van der Waals surface area contributed by atoms with E-state index < -0.39 is 5.97 Å². The van der Waals surface area contributed by atoms with Crippen LogP contribution in [0.4, 0.5) is 23.0 Å². The number of aryl methyl sites for hydroxylation is 2. The number of carbonyl (C=O) groups is 2. The van der Waals surface area contributed by atoms with E-state index in [2.05, 4.69) is 46.8 Å². The molecule has 1 amide bonds. The van der Waals surface area contributed by atoms with Crippen LogP contribution in [0.2, 0.25) is 0 Å². The van der Waals surface area contributed by atoms with Crippen LogP contribution in [-0.4, -0.2) is 87.4 Å². The highest BCUT2D eigenvalue weighted by atomic mass is 32.1. The van der Waals surface area contributed by atoms with Gasteiger partial charge < -0.3 is 25.4 Å². The highest BCUT2D eigenvalue weighted by molar-refractivity contribution is 7.19. The molecule has 288 valence electrons. The van der Waals surface area contributed by atoms with Crippen molar-refractivity contribution in [3.05, 3.63) is 94.7 Å². The number of carboxylic acid groups (broad SMARTS) is 1. The van der Waals surface area contributed by atoms with Crippen LogP contribution in [0.15, 0.2) is 73.8 Å². The fraction of sp³-hybridized carbons (Fsp3) is 0.300. The number of nitrogens with one attached hydrogen (secondary N) is 2. The maximum Gasteiger partial charge on any atom is 0.306 e. The number of aromatic nitrogens is 8. The van der Waals surface area contributed by atoms with Crippen LogP contribution in [-0.2, 0) is 40.0 Å². The minimum Gasteiger partial charge on any atom is -0.481 e. The standard InChI is InChI=1S/C22H22N6O2S.C18H15N5O2S/c29-22(27-7-9-30-10-8-27)14-1-2-17-18(11-14)31-21-19(17)20(23-13-24-21)26-15-4-6-28-16(12-15)3-5-25-28;24-18(25)10-1-2-13-14(7-10)26-17-15(13)16(19-9-20-17)22-11-4-6-23-12(8-11)3-5-21-23/h3-6,12-14H,1-2,7-11H2,(H,23,24,26);3-6,8-10H,1-2,7H2,(H,24,25)(H,19,20,22)/t14-;10-/m00/s1. The van der Waals surface area contributed by atoms with Gasteiger partial charge in [0, 0.05) is 64.9 Å². The van der Waals surface area contributed by atoms with Crippen molar-refractivity contribution in [3.8, 4) is 0 Å². The number of morpholine rings is 1. The van der Waals surface area contributed by atoms with Gasteiger partial charge in [-0.05, 0) is 86.1 Å². The molecule has 8 aromatic heterocycles. The van der Waals surface area contributed by atoms with Gasteiger partial charge in [-0.3, -0.25) is 9.59 Å². The van der Waals surface area contributed by atoms with Gasteiger partial charge in [-0.15, -0.1) is 22.7 Å². The van der Waals surface area contributed by atoms with Gasteiger partial charge in [0.25, 0.3) is 0 Å². The number of ether oxygens (including phenoxy) is 1. The molecule has 17 heteroatoms. The van der Waals surface area contributed by atoms with Crippen molar-refractivity contribution in [1.82, 2.24) is 44.1 Å². The third-order valence-corrected chi connectivity index (χ3v) is 13.4. The van der Waals surface area contributed by atoms with E-state index in [0.29, 0.717) is 39.1 Å². The molecule has 1 fully saturated rings. The zero-order valence-corrected chi connectivity index (χ0v) is 32.3. The molecular weight excluding hydrogens is 763 g/mol. The maximum atomic E-state index is 13.0. The first-order chi connectivity index (χ1) is 27.9. The number of thiophene rings is 2. The van der Waals surface area contributed by atoms with E-state index in [0.717, 1.165) is 85.0 Å². The number of rotatable bonds is 6. The Bertz CT molecular complexity index is 2800. The molecule has 0 radical (unpaired) electrons. The van der Waals surface area contributed by atoms with Crippen molar-refractivity contribution in [2.75, 3.05) is 36.9 Å². The minimum absolute atomic E-state index is 0.0484. The summed E-state index contributed by atoms with van der Waals surface area (Å²) in [5, 5.41) is 26.7. The molecule has 1 aliphatic heterocycles. The molecular formula is C40H37N11O4S2. The largest absolute Gasteiger partial charge is 0.481 e. The Morgan fingerprint density at radius 2 is 1.25 bits per heavy atom. The highest BCUT2D eigenvalue weighted by Crippen LogP contribution is 2.42. The Hall–Kier alpha value is -6.04. The summed E-state index contributed by atoms with van der Waals surface area (Å²) in [4.78, 5) is 48.5. The fourth-order valence-electron chi connectivity index (χ4n) is 8.15. The summed E-state index contributed by atoms with van der Waals surface area (Å²) < 4.78 is 9.03. The summed E-state index contributed by atoms with van der Waals surface area (Å²) in [6.45, 7) is 2.69. The summed E-state index contributed by atoms with van der Waals surface area (Å²) >= 11 is 3.28. The average Bonchev–Trinajstić information content (AvgIpc) is 4.05. The Balaban J connectivity index is 0.000000141. The van der Waals surface area contributed by atoms with Gasteiger partial charge in [0.1, 0.15) is 34.0 Å². The molecule has 3 N–H and O–H groups in total. The van der Waals surface area contributed by atoms with E-state index in [1.807, 2.05) is 52.1 Å². The lowest BCUT2D eigenvalue weighted by Gasteiger charge is -2.31. The van der Waals surface area contributed by atoms with Crippen LogP contribution in [0.1, 0.15) is 33.7 Å². The predicted molar refractivity (Wildman–Crippen MR) is 218 cm³/mol. The predicted octanol–water partition coefficient (Wildman–Crippen LogP) is 6.32. The molecule has 0 spiro atoms. The lowest BCUT2D eigenvalue weighted by Crippen LogP contribution is -2.44. The number of amides is 1. The van der Waals surface area contributed by atoms with Crippen LogP contribution < -0.4 is 10.6 Å². The van der Waals surface area contributed by atoms with E-state index >= 15 is 0 Å². The molecule has 11 rings (SSSR count). The zero-order chi connectivity index (χ0) is 38.5. The van der Waals surface area contributed by atoms with Gasteiger partial charge in [0.2, 0.25) is 5.91 Å². The molecule has 1 saturated heterocycles.